The van der Waals surface area contributed by atoms with Gasteiger partial charge in [-0.25, -0.2) is 0 Å². The zero-order valence-corrected chi connectivity index (χ0v) is 12.1. The summed E-state index contributed by atoms with van der Waals surface area (Å²) in [5.41, 5.74) is 2.67. The smallest absolute Gasteiger partial charge is 0.274 e. The number of carbonyl (C=O) groups excluding carboxylic acids is 1. The number of benzene rings is 1. The third-order valence-electron chi connectivity index (χ3n) is 3.16. The molecule has 3 aromatic rings. The fraction of sp³-hybridized carbons (Fsp3) is 0.125. The Morgan fingerprint density at radius 1 is 1.14 bits per heavy atom. The van der Waals surface area contributed by atoms with E-state index in [9.17, 15) is 4.79 Å². The maximum absolute atomic E-state index is 12.2. The molecular weight excluding hydrogens is 278 g/mol. The van der Waals surface area contributed by atoms with Crippen LogP contribution < -0.4 is 5.32 Å². The highest BCUT2D eigenvalue weighted by molar-refractivity contribution is 5.93. The number of pyridine rings is 1. The van der Waals surface area contributed by atoms with Gasteiger partial charge in [0.25, 0.3) is 5.91 Å². The van der Waals surface area contributed by atoms with Gasteiger partial charge in [-0.1, -0.05) is 24.3 Å². The van der Waals surface area contributed by atoms with Gasteiger partial charge in [0, 0.05) is 18.9 Å². The average molecular weight is 293 g/mol. The Morgan fingerprint density at radius 3 is 2.68 bits per heavy atom. The van der Waals surface area contributed by atoms with Crippen molar-refractivity contribution in [2.24, 2.45) is 0 Å². The molecule has 0 fully saturated rings. The molecule has 3 rings (SSSR count). The molecule has 1 aromatic carbocycles. The predicted molar refractivity (Wildman–Crippen MR) is 81.5 cm³/mol. The van der Waals surface area contributed by atoms with E-state index in [2.05, 4.69) is 20.5 Å². The second kappa shape index (κ2) is 6.17. The van der Waals surface area contributed by atoms with Gasteiger partial charge < -0.3 is 5.32 Å². The number of nitrogens with one attached hydrogen (secondary N) is 1. The molecule has 6 heteroatoms. The maximum Gasteiger partial charge on any atom is 0.274 e. The summed E-state index contributed by atoms with van der Waals surface area (Å²) in [6, 6.07) is 13.2. The van der Waals surface area contributed by atoms with Gasteiger partial charge in [0.15, 0.2) is 5.69 Å². The molecule has 1 N–H and O–H groups in total. The molecule has 0 aliphatic rings. The van der Waals surface area contributed by atoms with Gasteiger partial charge in [0.2, 0.25) is 0 Å². The minimum Gasteiger partial charge on any atom is -0.346 e. The van der Waals surface area contributed by atoms with Crippen molar-refractivity contribution >= 4 is 5.91 Å². The lowest BCUT2D eigenvalue weighted by molar-refractivity contribution is 0.0945. The monoisotopic (exact) mass is 293 g/mol. The summed E-state index contributed by atoms with van der Waals surface area (Å²) in [5, 5.41) is 11.4. The van der Waals surface area contributed by atoms with Crippen LogP contribution in [-0.4, -0.2) is 25.9 Å². The van der Waals surface area contributed by atoms with Crippen LogP contribution >= 0.6 is 0 Å². The fourth-order valence-corrected chi connectivity index (χ4v) is 2.03. The zero-order chi connectivity index (χ0) is 15.4. The van der Waals surface area contributed by atoms with Crippen LogP contribution in [0.15, 0.2) is 54.9 Å². The summed E-state index contributed by atoms with van der Waals surface area (Å²) >= 11 is 0. The van der Waals surface area contributed by atoms with Crippen LogP contribution in [0.3, 0.4) is 0 Å². The standard InChI is InChI=1S/C16H15N5O/c1-12-15(16(22)18-11-13-6-5-9-17-10-13)20-21(19-12)14-7-3-2-4-8-14/h2-10H,11H2,1H3,(H,18,22). The molecule has 0 saturated carbocycles. The third kappa shape index (κ3) is 3.01. The highest BCUT2D eigenvalue weighted by atomic mass is 16.2. The van der Waals surface area contributed by atoms with Gasteiger partial charge >= 0.3 is 0 Å². The van der Waals surface area contributed by atoms with Crippen LogP contribution in [0, 0.1) is 6.92 Å². The van der Waals surface area contributed by atoms with Crippen LogP contribution in [0.2, 0.25) is 0 Å². The number of hydrogen-bond acceptors (Lipinski definition) is 4. The van der Waals surface area contributed by atoms with Crippen LogP contribution in [-0.2, 0) is 6.54 Å². The Hall–Kier alpha value is -3.02. The minimum atomic E-state index is -0.247. The molecule has 0 radical (unpaired) electrons. The minimum absolute atomic E-state index is 0.247. The Morgan fingerprint density at radius 2 is 1.95 bits per heavy atom. The molecule has 1 amide bonds. The fourth-order valence-electron chi connectivity index (χ4n) is 2.03. The maximum atomic E-state index is 12.2. The molecule has 22 heavy (non-hydrogen) atoms. The third-order valence-corrected chi connectivity index (χ3v) is 3.16. The topological polar surface area (TPSA) is 72.7 Å². The number of carbonyl (C=O) groups is 1. The molecule has 2 heterocycles. The summed E-state index contributed by atoms with van der Waals surface area (Å²) in [6.07, 6.45) is 3.41. The molecular formula is C16H15N5O. The Kier molecular flexibility index (Phi) is 3.91. The van der Waals surface area contributed by atoms with Crippen molar-refractivity contribution < 1.29 is 4.79 Å². The first-order valence-corrected chi connectivity index (χ1v) is 6.90. The summed E-state index contributed by atoms with van der Waals surface area (Å²) in [4.78, 5) is 17.7. The molecule has 0 aliphatic carbocycles. The molecule has 0 unspecified atom stereocenters. The number of rotatable bonds is 4. The lowest BCUT2D eigenvalue weighted by Crippen LogP contribution is -2.24. The lowest BCUT2D eigenvalue weighted by Gasteiger charge is -2.02. The van der Waals surface area contributed by atoms with Gasteiger partial charge in [-0.15, -0.1) is 5.10 Å². The summed E-state index contributed by atoms with van der Waals surface area (Å²) < 4.78 is 0. The Bertz CT molecular complexity index is 768. The number of aromatic nitrogens is 4. The Balaban J connectivity index is 1.74. The number of amides is 1. The molecule has 0 bridgehead atoms. The van der Waals surface area contributed by atoms with Crippen molar-refractivity contribution in [1.29, 1.82) is 0 Å². The lowest BCUT2D eigenvalue weighted by atomic mass is 10.2. The summed E-state index contributed by atoms with van der Waals surface area (Å²) in [7, 11) is 0. The van der Waals surface area contributed by atoms with Crippen molar-refractivity contribution in [3.63, 3.8) is 0 Å². The first-order valence-electron chi connectivity index (χ1n) is 6.90. The zero-order valence-electron chi connectivity index (χ0n) is 12.1. The van der Waals surface area contributed by atoms with Gasteiger partial charge in [0.05, 0.1) is 11.4 Å². The van der Waals surface area contributed by atoms with E-state index in [0.717, 1.165) is 11.3 Å². The van der Waals surface area contributed by atoms with Crippen LogP contribution in [0.1, 0.15) is 21.7 Å². The molecule has 2 aromatic heterocycles. The van der Waals surface area contributed by atoms with Crippen LogP contribution in [0.5, 0.6) is 0 Å². The van der Waals surface area contributed by atoms with E-state index in [1.54, 1.807) is 19.3 Å². The average Bonchev–Trinajstić information content (AvgIpc) is 2.96. The highest BCUT2D eigenvalue weighted by Crippen LogP contribution is 2.08. The van der Waals surface area contributed by atoms with Crippen molar-refractivity contribution in [1.82, 2.24) is 25.3 Å². The largest absolute Gasteiger partial charge is 0.346 e. The molecule has 6 nitrogen and oxygen atoms in total. The van der Waals surface area contributed by atoms with E-state index in [1.807, 2.05) is 42.5 Å². The molecule has 0 aliphatic heterocycles. The quantitative estimate of drug-likeness (QED) is 0.797. The van der Waals surface area contributed by atoms with E-state index < -0.39 is 0 Å². The molecule has 0 saturated heterocycles. The SMILES string of the molecule is Cc1nn(-c2ccccc2)nc1C(=O)NCc1cccnc1. The van der Waals surface area contributed by atoms with E-state index in [1.165, 1.54) is 4.80 Å². The number of nitrogens with zero attached hydrogens (tertiary/aromatic N) is 4. The first kappa shape index (κ1) is 13.9. The van der Waals surface area contributed by atoms with Gasteiger partial charge in [-0.05, 0) is 30.7 Å². The molecule has 0 spiro atoms. The number of aryl methyl sites for hydroxylation is 1. The van der Waals surface area contributed by atoms with Gasteiger partial charge in [-0.3, -0.25) is 9.78 Å². The molecule has 110 valence electrons. The van der Waals surface area contributed by atoms with Crippen molar-refractivity contribution in [3.05, 3.63) is 71.8 Å². The normalized spacial score (nSPS) is 10.4. The van der Waals surface area contributed by atoms with Crippen molar-refractivity contribution in [3.8, 4) is 5.69 Å². The van der Waals surface area contributed by atoms with Crippen molar-refractivity contribution in [2.45, 2.75) is 13.5 Å². The first-order chi connectivity index (χ1) is 10.7. The van der Waals surface area contributed by atoms with E-state index in [-0.39, 0.29) is 5.91 Å². The van der Waals surface area contributed by atoms with Gasteiger partial charge in [0.1, 0.15) is 0 Å². The van der Waals surface area contributed by atoms with Gasteiger partial charge in [-0.2, -0.15) is 9.90 Å². The van der Waals surface area contributed by atoms with E-state index >= 15 is 0 Å². The van der Waals surface area contributed by atoms with E-state index in [0.29, 0.717) is 17.9 Å². The number of para-hydroxylation sites is 1. The molecule has 0 atom stereocenters. The number of hydrogen-bond donors (Lipinski definition) is 1. The van der Waals surface area contributed by atoms with Crippen LogP contribution in [0.25, 0.3) is 5.69 Å². The second-order valence-corrected chi connectivity index (χ2v) is 4.80. The van der Waals surface area contributed by atoms with Crippen molar-refractivity contribution in [2.75, 3.05) is 0 Å². The highest BCUT2D eigenvalue weighted by Gasteiger charge is 2.15. The predicted octanol–water partition coefficient (Wildman–Crippen LogP) is 1.90. The van der Waals surface area contributed by atoms with Crippen LogP contribution in [0.4, 0.5) is 0 Å². The second-order valence-electron chi connectivity index (χ2n) is 4.80. The summed E-state index contributed by atoms with van der Waals surface area (Å²) in [5.74, 6) is -0.247. The Labute approximate surface area is 127 Å². The summed E-state index contributed by atoms with van der Waals surface area (Å²) in [6.45, 7) is 2.18. The van der Waals surface area contributed by atoms with E-state index in [4.69, 9.17) is 0 Å².